The molecule has 0 saturated carbocycles. The molecule has 0 aliphatic rings. The van der Waals surface area contributed by atoms with Crippen molar-refractivity contribution in [2.75, 3.05) is 0 Å². The zero-order valence-electron chi connectivity index (χ0n) is 7.79. The summed E-state index contributed by atoms with van der Waals surface area (Å²) >= 11 is 4.86. The van der Waals surface area contributed by atoms with Gasteiger partial charge in [-0.25, -0.2) is 8.78 Å². The van der Waals surface area contributed by atoms with Gasteiger partial charge in [0.1, 0.15) is 11.6 Å². The summed E-state index contributed by atoms with van der Waals surface area (Å²) < 4.78 is 28.5. The molecule has 0 bridgehead atoms. The first kappa shape index (κ1) is 9.97. The van der Waals surface area contributed by atoms with Crippen LogP contribution in [0.5, 0.6) is 0 Å². The Balaban J connectivity index is 2.74. The highest BCUT2D eigenvalue weighted by molar-refractivity contribution is 7.71. The molecule has 0 aliphatic carbocycles. The molecule has 6 heteroatoms. The Hall–Kier alpha value is -1.56. The maximum absolute atomic E-state index is 13.4. The van der Waals surface area contributed by atoms with Crippen LogP contribution in [0, 0.1) is 16.4 Å². The van der Waals surface area contributed by atoms with Gasteiger partial charge in [0, 0.05) is 7.05 Å². The first-order valence-electron chi connectivity index (χ1n) is 4.17. The summed E-state index contributed by atoms with van der Waals surface area (Å²) in [6, 6.07) is 3.65. The number of aromatic nitrogens is 3. The molecule has 3 nitrogen and oxygen atoms in total. The Labute approximate surface area is 89.4 Å². The van der Waals surface area contributed by atoms with E-state index in [4.69, 9.17) is 12.2 Å². The lowest BCUT2D eigenvalue weighted by molar-refractivity contribution is 0.585. The Morgan fingerprint density at radius 2 is 1.93 bits per heavy atom. The summed E-state index contributed by atoms with van der Waals surface area (Å²) in [5, 5.41) is 6.25. The summed E-state index contributed by atoms with van der Waals surface area (Å²) in [7, 11) is 1.59. The monoisotopic (exact) mass is 227 g/mol. The summed E-state index contributed by atoms with van der Waals surface area (Å²) in [5.41, 5.74) is -0.174. The van der Waals surface area contributed by atoms with Crippen LogP contribution in [-0.2, 0) is 7.05 Å². The van der Waals surface area contributed by atoms with E-state index in [1.807, 2.05) is 0 Å². The lowest BCUT2D eigenvalue weighted by Gasteiger charge is -2.03. The fraction of sp³-hybridized carbons (Fsp3) is 0.111. The van der Waals surface area contributed by atoms with Crippen LogP contribution < -0.4 is 0 Å². The number of H-pyrrole nitrogens is 1. The van der Waals surface area contributed by atoms with Gasteiger partial charge in [-0.1, -0.05) is 6.07 Å². The van der Waals surface area contributed by atoms with E-state index in [2.05, 4.69) is 10.2 Å². The molecule has 0 spiro atoms. The van der Waals surface area contributed by atoms with Crippen LogP contribution >= 0.6 is 12.2 Å². The second-order valence-corrected chi connectivity index (χ2v) is 3.39. The predicted molar refractivity (Wildman–Crippen MR) is 53.7 cm³/mol. The molecule has 0 fully saturated rings. The molecule has 1 aromatic heterocycles. The standard InChI is InChI=1S/C9H7F2N3S/c1-14-8(12-13-9(14)15)7-5(10)3-2-4-6(7)11/h2-4H,1H3,(H,13,15). The molecule has 1 aromatic carbocycles. The van der Waals surface area contributed by atoms with Gasteiger partial charge in [-0.2, -0.15) is 5.10 Å². The molecule has 0 aliphatic heterocycles. The molecule has 0 saturated heterocycles. The van der Waals surface area contributed by atoms with Crippen molar-refractivity contribution >= 4 is 12.2 Å². The maximum atomic E-state index is 13.4. The van der Waals surface area contributed by atoms with E-state index in [0.717, 1.165) is 0 Å². The van der Waals surface area contributed by atoms with Crippen molar-refractivity contribution in [1.82, 2.24) is 14.8 Å². The number of nitrogens with zero attached hydrogens (tertiary/aromatic N) is 2. The normalized spacial score (nSPS) is 10.6. The highest BCUT2D eigenvalue weighted by Crippen LogP contribution is 2.23. The topological polar surface area (TPSA) is 33.6 Å². The lowest BCUT2D eigenvalue weighted by atomic mass is 10.2. The van der Waals surface area contributed by atoms with Gasteiger partial charge in [-0.15, -0.1) is 0 Å². The number of nitrogens with one attached hydrogen (secondary N) is 1. The van der Waals surface area contributed by atoms with E-state index in [0.29, 0.717) is 4.77 Å². The third kappa shape index (κ3) is 1.56. The molecule has 2 aromatic rings. The lowest BCUT2D eigenvalue weighted by Crippen LogP contribution is -1.97. The highest BCUT2D eigenvalue weighted by atomic mass is 32.1. The minimum Gasteiger partial charge on any atom is -0.303 e. The number of hydrogen-bond acceptors (Lipinski definition) is 2. The van der Waals surface area contributed by atoms with Crippen molar-refractivity contribution in [2.45, 2.75) is 0 Å². The summed E-state index contributed by atoms with van der Waals surface area (Å²) in [4.78, 5) is 0. The largest absolute Gasteiger partial charge is 0.303 e. The Morgan fingerprint density at radius 1 is 1.33 bits per heavy atom. The zero-order chi connectivity index (χ0) is 11.0. The number of rotatable bonds is 1. The number of halogens is 2. The second kappa shape index (κ2) is 3.54. The van der Waals surface area contributed by atoms with Crippen molar-refractivity contribution in [3.05, 3.63) is 34.6 Å². The Morgan fingerprint density at radius 3 is 2.40 bits per heavy atom. The third-order valence-corrected chi connectivity index (χ3v) is 2.43. The quantitative estimate of drug-likeness (QED) is 0.759. The van der Waals surface area contributed by atoms with Crippen LogP contribution in [0.4, 0.5) is 8.78 Å². The van der Waals surface area contributed by atoms with Crippen LogP contribution in [0.1, 0.15) is 0 Å². The molecule has 0 radical (unpaired) electrons. The Kier molecular flexibility index (Phi) is 2.36. The average Bonchev–Trinajstić information content (AvgIpc) is 2.49. The van der Waals surface area contributed by atoms with Crippen LogP contribution in [-0.4, -0.2) is 14.8 Å². The Bertz CT molecular complexity index is 538. The maximum Gasteiger partial charge on any atom is 0.195 e. The van der Waals surface area contributed by atoms with Crippen LogP contribution in [0.3, 0.4) is 0 Å². The summed E-state index contributed by atoms with van der Waals surface area (Å²) in [6.07, 6.45) is 0. The number of benzene rings is 1. The average molecular weight is 227 g/mol. The van der Waals surface area contributed by atoms with Crippen molar-refractivity contribution in [3.8, 4) is 11.4 Å². The van der Waals surface area contributed by atoms with Crippen molar-refractivity contribution in [2.24, 2.45) is 7.05 Å². The molecule has 1 N–H and O–H groups in total. The van der Waals surface area contributed by atoms with E-state index in [-0.39, 0.29) is 11.4 Å². The SMILES string of the molecule is Cn1c(-c2c(F)cccc2F)n[nH]c1=S. The van der Waals surface area contributed by atoms with Crippen molar-refractivity contribution < 1.29 is 8.78 Å². The van der Waals surface area contributed by atoms with E-state index in [1.54, 1.807) is 7.05 Å². The zero-order valence-corrected chi connectivity index (χ0v) is 8.61. The van der Waals surface area contributed by atoms with Gasteiger partial charge in [-0.05, 0) is 24.4 Å². The number of hydrogen-bond donors (Lipinski definition) is 1. The minimum absolute atomic E-state index is 0.149. The third-order valence-electron chi connectivity index (χ3n) is 2.07. The molecule has 78 valence electrons. The van der Waals surface area contributed by atoms with Gasteiger partial charge in [0.15, 0.2) is 10.6 Å². The van der Waals surface area contributed by atoms with Gasteiger partial charge in [0.2, 0.25) is 0 Å². The molecular formula is C9H7F2N3S. The van der Waals surface area contributed by atoms with Crippen molar-refractivity contribution in [1.29, 1.82) is 0 Å². The van der Waals surface area contributed by atoms with Gasteiger partial charge >= 0.3 is 0 Å². The van der Waals surface area contributed by atoms with Crippen LogP contribution in [0.2, 0.25) is 0 Å². The molecule has 0 unspecified atom stereocenters. The van der Waals surface area contributed by atoms with E-state index < -0.39 is 11.6 Å². The molecule has 2 rings (SSSR count). The molecule has 0 amide bonds. The van der Waals surface area contributed by atoms with Gasteiger partial charge < -0.3 is 4.57 Å². The van der Waals surface area contributed by atoms with Crippen LogP contribution in [0.25, 0.3) is 11.4 Å². The van der Waals surface area contributed by atoms with E-state index in [1.165, 1.54) is 22.8 Å². The number of aromatic amines is 1. The fourth-order valence-electron chi connectivity index (χ4n) is 1.28. The molecule has 15 heavy (non-hydrogen) atoms. The first-order chi connectivity index (χ1) is 7.11. The summed E-state index contributed by atoms with van der Waals surface area (Å²) in [5.74, 6) is -1.17. The first-order valence-corrected chi connectivity index (χ1v) is 4.58. The van der Waals surface area contributed by atoms with Crippen molar-refractivity contribution in [3.63, 3.8) is 0 Å². The molecule has 1 heterocycles. The van der Waals surface area contributed by atoms with Crippen LogP contribution in [0.15, 0.2) is 18.2 Å². The minimum atomic E-state index is -0.660. The second-order valence-electron chi connectivity index (χ2n) is 3.01. The van der Waals surface area contributed by atoms with Gasteiger partial charge in [-0.3, -0.25) is 5.10 Å². The smallest absolute Gasteiger partial charge is 0.195 e. The molecule has 0 atom stereocenters. The van der Waals surface area contributed by atoms with E-state index >= 15 is 0 Å². The predicted octanol–water partition coefficient (Wildman–Crippen LogP) is 2.42. The van der Waals surface area contributed by atoms with Gasteiger partial charge in [0.05, 0.1) is 5.56 Å². The highest BCUT2D eigenvalue weighted by Gasteiger charge is 2.15. The fourth-order valence-corrected chi connectivity index (χ4v) is 1.41. The summed E-state index contributed by atoms with van der Waals surface area (Å²) in [6.45, 7) is 0. The molecular weight excluding hydrogens is 220 g/mol. The van der Waals surface area contributed by atoms with Gasteiger partial charge in [0.25, 0.3) is 0 Å². The van der Waals surface area contributed by atoms with E-state index in [9.17, 15) is 8.78 Å².